The first-order valence-electron chi connectivity index (χ1n) is 6.37. The maximum absolute atomic E-state index is 9.68. The molecule has 2 rings (SSSR count). The summed E-state index contributed by atoms with van der Waals surface area (Å²) >= 11 is 0. The molecule has 0 saturated carbocycles. The van der Waals surface area contributed by atoms with Gasteiger partial charge >= 0.3 is 0 Å². The first kappa shape index (κ1) is 12.9. The maximum Gasteiger partial charge on any atom is 0.120 e. The number of anilines is 1. The molecule has 0 aromatic heterocycles. The van der Waals surface area contributed by atoms with Gasteiger partial charge in [-0.25, -0.2) is 5.84 Å². The van der Waals surface area contributed by atoms with Crippen molar-refractivity contribution in [3.8, 4) is 11.8 Å². The van der Waals surface area contributed by atoms with Crippen molar-refractivity contribution >= 4 is 5.69 Å². The SMILES string of the molecule is CC(C)(O)C#Cc1cccc2c1CCCCN2N. The van der Waals surface area contributed by atoms with Crippen molar-refractivity contribution in [2.45, 2.75) is 38.7 Å². The Balaban J connectivity index is 2.43. The number of rotatable bonds is 0. The number of nitrogens with zero attached hydrogens (tertiary/aromatic N) is 1. The minimum atomic E-state index is -0.962. The van der Waals surface area contributed by atoms with Crippen LogP contribution in [0.1, 0.15) is 37.8 Å². The molecule has 0 fully saturated rings. The van der Waals surface area contributed by atoms with Crippen LogP contribution in [0.4, 0.5) is 5.69 Å². The first-order valence-corrected chi connectivity index (χ1v) is 6.37. The van der Waals surface area contributed by atoms with Crippen molar-refractivity contribution in [2.24, 2.45) is 5.84 Å². The summed E-state index contributed by atoms with van der Waals surface area (Å²) in [6.07, 6.45) is 3.23. The second-order valence-electron chi connectivity index (χ2n) is 5.26. The second-order valence-corrected chi connectivity index (χ2v) is 5.26. The third-order valence-corrected chi connectivity index (χ3v) is 3.04. The quantitative estimate of drug-likeness (QED) is 0.540. The van der Waals surface area contributed by atoms with E-state index in [9.17, 15) is 5.11 Å². The van der Waals surface area contributed by atoms with Crippen LogP contribution in [0.25, 0.3) is 0 Å². The van der Waals surface area contributed by atoms with E-state index < -0.39 is 5.60 Å². The highest BCUT2D eigenvalue weighted by atomic mass is 16.3. The lowest BCUT2D eigenvalue weighted by Crippen LogP contribution is -2.31. The van der Waals surface area contributed by atoms with Gasteiger partial charge in [-0.2, -0.15) is 0 Å². The van der Waals surface area contributed by atoms with Crippen molar-refractivity contribution in [3.05, 3.63) is 29.3 Å². The van der Waals surface area contributed by atoms with Gasteiger partial charge in [0, 0.05) is 12.1 Å². The maximum atomic E-state index is 9.68. The highest BCUT2D eigenvalue weighted by Gasteiger charge is 2.15. The molecule has 0 unspecified atom stereocenters. The Morgan fingerprint density at radius 3 is 2.83 bits per heavy atom. The molecule has 0 bridgehead atoms. The van der Waals surface area contributed by atoms with Crippen molar-refractivity contribution in [1.29, 1.82) is 0 Å². The van der Waals surface area contributed by atoms with Gasteiger partial charge in [0.25, 0.3) is 0 Å². The summed E-state index contributed by atoms with van der Waals surface area (Å²) in [7, 11) is 0. The lowest BCUT2D eigenvalue weighted by molar-refractivity contribution is 0.143. The van der Waals surface area contributed by atoms with E-state index in [0.717, 1.165) is 37.1 Å². The van der Waals surface area contributed by atoms with E-state index in [1.807, 2.05) is 18.2 Å². The van der Waals surface area contributed by atoms with Crippen LogP contribution in [0.15, 0.2) is 18.2 Å². The standard InChI is InChI=1S/C15H20N2O/c1-15(2,18)10-9-12-6-5-8-14-13(12)7-3-4-11-17(14)16/h5-6,8,18H,3-4,7,11,16H2,1-2H3. The fourth-order valence-corrected chi connectivity index (χ4v) is 2.15. The molecule has 1 aromatic carbocycles. The van der Waals surface area contributed by atoms with E-state index in [-0.39, 0.29) is 0 Å². The van der Waals surface area contributed by atoms with Crippen molar-refractivity contribution < 1.29 is 5.11 Å². The fourth-order valence-electron chi connectivity index (χ4n) is 2.15. The van der Waals surface area contributed by atoms with Gasteiger partial charge in [0.1, 0.15) is 5.60 Å². The Labute approximate surface area is 109 Å². The van der Waals surface area contributed by atoms with Gasteiger partial charge in [0.05, 0.1) is 5.69 Å². The normalized spacial score (nSPS) is 15.4. The third kappa shape index (κ3) is 3.04. The van der Waals surface area contributed by atoms with Crippen LogP contribution < -0.4 is 10.9 Å². The van der Waals surface area contributed by atoms with Gasteiger partial charge in [0.2, 0.25) is 0 Å². The van der Waals surface area contributed by atoms with Gasteiger partial charge < -0.3 is 10.1 Å². The smallest absolute Gasteiger partial charge is 0.120 e. The Morgan fingerprint density at radius 1 is 1.33 bits per heavy atom. The van der Waals surface area contributed by atoms with Gasteiger partial charge in [-0.3, -0.25) is 0 Å². The van der Waals surface area contributed by atoms with Crippen LogP contribution in [0, 0.1) is 11.8 Å². The predicted octanol–water partition coefficient (Wildman–Crippen LogP) is 1.83. The van der Waals surface area contributed by atoms with E-state index in [0.29, 0.717) is 0 Å². The summed E-state index contributed by atoms with van der Waals surface area (Å²) in [5.41, 5.74) is 2.28. The Bertz CT molecular complexity index is 491. The lowest BCUT2D eigenvalue weighted by Gasteiger charge is -2.19. The molecule has 3 nitrogen and oxygen atoms in total. The van der Waals surface area contributed by atoms with Crippen molar-refractivity contribution in [1.82, 2.24) is 0 Å². The Hall–Kier alpha value is -1.50. The minimum Gasteiger partial charge on any atom is -0.378 e. The average Bonchev–Trinajstić information content (AvgIpc) is 2.49. The number of hydrogen-bond donors (Lipinski definition) is 2. The third-order valence-electron chi connectivity index (χ3n) is 3.04. The van der Waals surface area contributed by atoms with Crippen LogP contribution in [0.5, 0.6) is 0 Å². The van der Waals surface area contributed by atoms with E-state index in [1.54, 1.807) is 18.9 Å². The molecule has 96 valence electrons. The molecule has 0 aliphatic carbocycles. The molecular weight excluding hydrogens is 224 g/mol. The molecule has 0 saturated heterocycles. The monoisotopic (exact) mass is 244 g/mol. The van der Waals surface area contributed by atoms with Crippen LogP contribution in [-0.2, 0) is 6.42 Å². The summed E-state index contributed by atoms with van der Waals surface area (Å²) in [6, 6.07) is 6.01. The largest absolute Gasteiger partial charge is 0.378 e. The Kier molecular flexibility index (Phi) is 3.60. The van der Waals surface area contributed by atoms with E-state index in [1.165, 1.54) is 5.56 Å². The van der Waals surface area contributed by atoms with E-state index in [4.69, 9.17) is 5.84 Å². The van der Waals surface area contributed by atoms with Gasteiger partial charge in [-0.05, 0) is 50.8 Å². The molecule has 1 aliphatic rings. The van der Waals surface area contributed by atoms with Gasteiger partial charge in [0.15, 0.2) is 0 Å². The van der Waals surface area contributed by atoms with Crippen LogP contribution in [0.3, 0.4) is 0 Å². The molecule has 3 heteroatoms. The zero-order chi connectivity index (χ0) is 13.2. The van der Waals surface area contributed by atoms with Crippen LogP contribution in [-0.4, -0.2) is 17.3 Å². The Morgan fingerprint density at radius 2 is 2.11 bits per heavy atom. The van der Waals surface area contributed by atoms with Crippen LogP contribution >= 0.6 is 0 Å². The van der Waals surface area contributed by atoms with E-state index >= 15 is 0 Å². The zero-order valence-electron chi connectivity index (χ0n) is 11.0. The number of aliphatic hydroxyl groups is 1. The zero-order valence-corrected chi connectivity index (χ0v) is 11.0. The number of fused-ring (bicyclic) bond motifs is 1. The summed E-state index contributed by atoms with van der Waals surface area (Å²) in [4.78, 5) is 0. The number of nitrogens with two attached hydrogens (primary N) is 1. The molecule has 1 aromatic rings. The number of hydrazine groups is 1. The van der Waals surface area contributed by atoms with Crippen LogP contribution in [0.2, 0.25) is 0 Å². The molecule has 1 aliphatic heterocycles. The van der Waals surface area contributed by atoms with E-state index in [2.05, 4.69) is 11.8 Å². The number of benzene rings is 1. The molecule has 0 amide bonds. The fraction of sp³-hybridized carbons (Fsp3) is 0.467. The van der Waals surface area contributed by atoms with Crippen molar-refractivity contribution in [3.63, 3.8) is 0 Å². The summed E-state index contributed by atoms with van der Waals surface area (Å²) < 4.78 is 0. The molecule has 18 heavy (non-hydrogen) atoms. The molecule has 3 N–H and O–H groups in total. The second kappa shape index (κ2) is 5.01. The molecular formula is C15H20N2O. The average molecular weight is 244 g/mol. The molecule has 0 atom stereocenters. The highest BCUT2D eigenvalue weighted by Crippen LogP contribution is 2.27. The van der Waals surface area contributed by atoms with Gasteiger partial charge in [-0.15, -0.1) is 0 Å². The molecule has 1 heterocycles. The topological polar surface area (TPSA) is 49.5 Å². The summed E-state index contributed by atoms with van der Waals surface area (Å²) in [5, 5.41) is 11.5. The number of hydrogen-bond acceptors (Lipinski definition) is 3. The molecule has 0 radical (unpaired) electrons. The molecule has 0 spiro atoms. The lowest BCUT2D eigenvalue weighted by atomic mass is 10.00. The van der Waals surface area contributed by atoms with Crippen molar-refractivity contribution in [2.75, 3.05) is 11.6 Å². The van der Waals surface area contributed by atoms with Gasteiger partial charge in [-0.1, -0.05) is 17.9 Å². The minimum absolute atomic E-state index is 0.884. The predicted molar refractivity (Wildman–Crippen MR) is 74.1 cm³/mol. The first-order chi connectivity index (χ1) is 8.47. The highest BCUT2D eigenvalue weighted by molar-refractivity contribution is 5.60. The summed E-state index contributed by atoms with van der Waals surface area (Å²) in [5.74, 6) is 12.0. The summed E-state index contributed by atoms with van der Waals surface area (Å²) in [6.45, 7) is 4.27.